The molecule has 1 atom stereocenters. The van der Waals surface area contributed by atoms with Gasteiger partial charge in [-0.1, -0.05) is 12.1 Å². The summed E-state index contributed by atoms with van der Waals surface area (Å²) < 4.78 is 57.2. The van der Waals surface area contributed by atoms with Gasteiger partial charge in [0.15, 0.2) is 0 Å². The number of likely N-dealkylation sites (tertiary alicyclic amines) is 1. The number of aryl methyl sites for hydroxylation is 1. The monoisotopic (exact) mass is 441 g/mol. The molecule has 7 nitrogen and oxygen atoms in total. The first-order chi connectivity index (χ1) is 14.9. The van der Waals surface area contributed by atoms with E-state index in [4.69, 9.17) is 14.0 Å². The molecule has 0 aromatic carbocycles. The van der Waals surface area contributed by atoms with E-state index >= 15 is 0 Å². The second kappa shape index (κ2) is 9.12. The summed E-state index contributed by atoms with van der Waals surface area (Å²) in [4.78, 5) is 18.3. The average Bonchev–Trinajstić information content (AvgIpc) is 3.42. The van der Waals surface area contributed by atoms with Crippen LogP contribution in [-0.4, -0.2) is 60.0 Å². The third-order valence-electron chi connectivity index (χ3n) is 5.98. The summed E-state index contributed by atoms with van der Waals surface area (Å²) in [6.07, 6.45) is -1.13. The zero-order valence-electron chi connectivity index (χ0n) is 17.4. The number of piperidine rings is 1. The van der Waals surface area contributed by atoms with Gasteiger partial charge in [0.05, 0.1) is 29.4 Å². The molecule has 2 saturated heterocycles. The van der Waals surface area contributed by atoms with Gasteiger partial charge in [-0.15, -0.1) is 0 Å². The van der Waals surface area contributed by atoms with E-state index in [0.29, 0.717) is 44.7 Å². The molecule has 1 amide bonds. The molecule has 0 bridgehead atoms. The maximum atomic E-state index is 13.7. The van der Waals surface area contributed by atoms with Crippen molar-refractivity contribution in [1.29, 1.82) is 0 Å². The highest BCUT2D eigenvalue weighted by atomic mass is 19.4. The van der Waals surface area contributed by atoms with Crippen molar-refractivity contribution in [2.75, 3.05) is 32.9 Å². The quantitative estimate of drug-likeness (QED) is 0.680. The Morgan fingerprint density at radius 2 is 2.06 bits per heavy atom. The van der Waals surface area contributed by atoms with E-state index in [0.717, 1.165) is 25.5 Å². The van der Waals surface area contributed by atoms with Crippen LogP contribution in [0.1, 0.15) is 55.5 Å². The van der Waals surface area contributed by atoms with Gasteiger partial charge >= 0.3 is 6.18 Å². The van der Waals surface area contributed by atoms with Gasteiger partial charge in [0.1, 0.15) is 6.61 Å². The molecular formula is C21H26F3N3O4. The Bertz CT molecular complexity index is 916. The maximum Gasteiger partial charge on any atom is 0.417 e. The fourth-order valence-corrected chi connectivity index (χ4v) is 4.25. The molecule has 2 aromatic rings. The number of rotatable bonds is 6. The SMILES string of the molecule is CCc1cc(C(F)(F)F)c2c(C3CCN(C(=O)COCC4CCCO4)CC3)noc2n1. The number of nitrogens with zero attached hydrogens (tertiary/aromatic N) is 3. The van der Waals surface area contributed by atoms with Crippen molar-refractivity contribution >= 4 is 17.0 Å². The van der Waals surface area contributed by atoms with E-state index in [1.807, 2.05) is 0 Å². The number of halogens is 3. The minimum Gasteiger partial charge on any atom is -0.376 e. The molecule has 170 valence electrons. The van der Waals surface area contributed by atoms with Gasteiger partial charge in [0.25, 0.3) is 5.71 Å². The number of aromatic nitrogens is 2. The number of carbonyl (C=O) groups is 1. The first-order valence-corrected chi connectivity index (χ1v) is 10.7. The van der Waals surface area contributed by atoms with E-state index in [9.17, 15) is 18.0 Å². The number of hydrogen-bond donors (Lipinski definition) is 0. The van der Waals surface area contributed by atoms with Crippen LogP contribution in [0.4, 0.5) is 13.2 Å². The zero-order valence-corrected chi connectivity index (χ0v) is 17.4. The predicted octanol–water partition coefficient (Wildman–Crippen LogP) is 3.71. The molecule has 0 spiro atoms. The largest absolute Gasteiger partial charge is 0.417 e. The van der Waals surface area contributed by atoms with Crippen molar-refractivity contribution in [2.45, 2.75) is 57.2 Å². The van der Waals surface area contributed by atoms with E-state index in [-0.39, 0.29) is 41.3 Å². The average molecular weight is 441 g/mol. The molecule has 2 aliphatic heterocycles. The maximum absolute atomic E-state index is 13.7. The molecule has 2 aliphatic rings. The Morgan fingerprint density at radius 1 is 1.29 bits per heavy atom. The van der Waals surface area contributed by atoms with Crippen LogP contribution in [0.15, 0.2) is 10.6 Å². The Balaban J connectivity index is 1.41. The predicted molar refractivity (Wildman–Crippen MR) is 105 cm³/mol. The smallest absolute Gasteiger partial charge is 0.376 e. The summed E-state index contributed by atoms with van der Waals surface area (Å²) >= 11 is 0. The van der Waals surface area contributed by atoms with Crippen molar-refractivity contribution in [2.24, 2.45) is 0 Å². The van der Waals surface area contributed by atoms with Gasteiger partial charge in [-0.25, -0.2) is 4.98 Å². The lowest BCUT2D eigenvalue weighted by atomic mass is 9.90. The van der Waals surface area contributed by atoms with Crippen LogP contribution in [0.3, 0.4) is 0 Å². The van der Waals surface area contributed by atoms with Crippen LogP contribution >= 0.6 is 0 Å². The van der Waals surface area contributed by atoms with Crippen LogP contribution in [0.2, 0.25) is 0 Å². The number of amides is 1. The third-order valence-corrected chi connectivity index (χ3v) is 5.98. The van der Waals surface area contributed by atoms with Crippen LogP contribution in [0.5, 0.6) is 0 Å². The van der Waals surface area contributed by atoms with Crippen LogP contribution < -0.4 is 0 Å². The standard InChI is InChI=1S/C21H26F3N3O4/c1-2-14-10-16(21(22,23)24)18-19(26-31-20(18)25-14)13-5-7-27(8-6-13)17(28)12-29-11-15-4-3-9-30-15/h10,13,15H,2-9,11-12H2,1H3. The third kappa shape index (κ3) is 4.85. The molecule has 31 heavy (non-hydrogen) atoms. The van der Waals surface area contributed by atoms with E-state index in [1.54, 1.807) is 11.8 Å². The molecule has 0 N–H and O–H groups in total. The van der Waals surface area contributed by atoms with Crippen LogP contribution in [-0.2, 0) is 26.9 Å². The molecule has 4 heterocycles. The molecule has 0 saturated carbocycles. The number of carbonyl (C=O) groups excluding carboxylic acids is 1. The summed E-state index contributed by atoms with van der Waals surface area (Å²) in [5, 5.41) is 3.89. The fourth-order valence-electron chi connectivity index (χ4n) is 4.25. The van der Waals surface area contributed by atoms with Crippen molar-refractivity contribution in [3.63, 3.8) is 0 Å². The van der Waals surface area contributed by atoms with Gasteiger partial charge < -0.3 is 18.9 Å². The van der Waals surface area contributed by atoms with Gasteiger partial charge in [0.2, 0.25) is 5.91 Å². The first kappa shape index (κ1) is 22.0. The topological polar surface area (TPSA) is 77.7 Å². The summed E-state index contributed by atoms with van der Waals surface area (Å²) in [5.74, 6) is -0.347. The molecule has 2 fully saturated rings. The van der Waals surface area contributed by atoms with Gasteiger partial charge in [0, 0.05) is 31.3 Å². The molecule has 10 heteroatoms. The number of fused-ring (bicyclic) bond motifs is 1. The van der Waals surface area contributed by atoms with Crippen molar-refractivity contribution < 1.29 is 32.0 Å². The number of hydrogen-bond acceptors (Lipinski definition) is 6. The second-order valence-electron chi connectivity index (χ2n) is 8.07. The summed E-state index contributed by atoms with van der Waals surface area (Å²) in [6, 6.07) is 1.08. The highest BCUT2D eigenvalue weighted by Crippen LogP contribution is 2.40. The highest BCUT2D eigenvalue weighted by Gasteiger charge is 2.38. The molecular weight excluding hydrogens is 415 g/mol. The number of pyridine rings is 1. The Kier molecular flexibility index (Phi) is 6.47. The van der Waals surface area contributed by atoms with Crippen LogP contribution in [0, 0.1) is 0 Å². The van der Waals surface area contributed by atoms with E-state index in [1.165, 1.54) is 0 Å². The van der Waals surface area contributed by atoms with Crippen LogP contribution in [0.25, 0.3) is 11.1 Å². The normalized spacial score (nSPS) is 20.6. The lowest BCUT2D eigenvalue weighted by molar-refractivity contribution is -0.138. The van der Waals surface area contributed by atoms with Crippen molar-refractivity contribution in [3.05, 3.63) is 23.0 Å². The van der Waals surface area contributed by atoms with Gasteiger partial charge in [-0.2, -0.15) is 13.2 Å². The van der Waals surface area contributed by atoms with Crippen molar-refractivity contribution in [1.82, 2.24) is 15.0 Å². The van der Waals surface area contributed by atoms with Gasteiger partial charge in [-0.05, 0) is 38.2 Å². The zero-order chi connectivity index (χ0) is 22.0. The second-order valence-corrected chi connectivity index (χ2v) is 8.07. The lowest BCUT2D eigenvalue weighted by Crippen LogP contribution is -2.40. The highest BCUT2D eigenvalue weighted by molar-refractivity contribution is 5.82. The minimum absolute atomic E-state index is 0.0145. The van der Waals surface area contributed by atoms with Gasteiger partial charge in [-0.3, -0.25) is 4.79 Å². The number of ether oxygens (including phenoxy) is 2. The molecule has 0 radical (unpaired) electrons. The summed E-state index contributed by atoms with van der Waals surface area (Å²) in [6.45, 7) is 3.73. The van der Waals surface area contributed by atoms with E-state index in [2.05, 4.69) is 10.1 Å². The first-order valence-electron chi connectivity index (χ1n) is 10.7. The molecule has 4 rings (SSSR count). The summed E-state index contributed by atoms with van der Waals surface area (Å²) in [5.41, 5.74) is -0.250. The van der Waals surface area contributed by atoms with Crippen molar-refractivity contribution in [3.8, 4) is 0 Å². The lowest BCUT2D eigenvalue weighted by Gasteiger charge is -2.31. The Hall–Kier alpha value is -2.20. The number of alkyl halides is 3. The minimum atomic E-state index is -4.53. The Labute approximate surface area is 177 Å². The van der Waals surface area contributed by atoms with E-state index < -0.39 is 11.7 Å². The summed E-state index contributed by atoms with van der Waals surface area (Å²) in [7, 11) is 0. The Morgan fingerprint density at radius 3 is 2.71 bits per heavy atom. The molecule has 0 aliphatic carbocycles. The fraction of sp³-hybridized carbons (Fsp3) is 0.667. The molecule has 2 aromatic heterocycles. The molecule has 1 unspecified atom stereocenters.